The fourth-order valence-electron chi connectivity index (χ4n) is 4.08. The first-order chi connectivity index (χ1) is 9.47. The lowest BCUT2D eigenvalue weighted by Gasteiger charge is -2.35. The first-order valence-corrected chi connectivity index (χ1v) is 7.55. The highest BCUT2D eigenvalue weighted by atomic mass is 19.4. The Hall–Kier alpha value is -0.780. The molecule has 6 heteroatoms. The number of amides is 1. The lowest BCUT2D eigenvalue weighted by Crippen LogP contribution is -2.50. The van der Waals surface area contributed by atoms with E-state index in [4.69, 9.17) is 0 Å². The molecule has 2 aliphatic heterocycles. The molecule has 1 amide bonds. The molecule has 3 aliphatic rings. The molecule has 2 saturated heterocycles. The van der Waals surface area contributed by atoms with Gasteiger partial charge in [-0.1, -0.05) is 6.42 Å². The summed E-state index contributed by atoms with van der Waals surface area (Å²) in [6.07, 6.45) is -0.578. The minimum atomic E-state index is -4.11. The molecule has 3 atom stereocenters. The normalized spacial score (nSPS) is 35.4. The van der Waals surface area contributed by atoms with Gasteiger partial charge in [-0.05, 0) is 44.1 Å². The summed E-state index contributed by atoms with van der Waals surface area (Å²) < 4.78 is 37.9. The zero-order valence-corrected chi connectivity index (χ0v) is 11.5. The van der Waals surface area contributed by atoms with Crippen molar-refractivity contribution in [2.75, 3.05) is 19.6 Å². The monoisotopic (exact) mass is 290 g/mol. The van der Waals surface area contributed by atoms with Gasteiger partial charge >= 0.3 is 6.18 Å². The van der Waals surface area contributed by atoms with E-state index in [0.29, 0.717) is 11.8 Å². The lowest BCUT2D eigenvalue weighted by molar-refractivity contribution is -0.186. The van der Waals surface area contributed by atoms with Gasteiger partial charge in [0.15, 0.2) is 0 Å². The maximum absolute atomic E-state index is 12.6. The van der Waals surface area contributed by atoms with Crippen LogP contribution in [0.5, 0.6) is 0 Å². The van der Waals surface area contributed by atoms with Gasteiger partial charge in [-0.2, -0.15) is 13.2 Å². The van der Waals surface area contributed by atoms with Crippen LogP contribution in [-0.2, 0) is 4.79 Å². The third-order valence-electron chi connectivity index (χ3n) is 5.28. The van der Waals surface area contributed by atoms with Gasteiger partial charge in [0.25, 0.3) is 0 Å². The molecule has 0 aromatic heterocycles. The molecule has 3 fully saturated rings. The van der Waals surface area contributed by atoms with Crippen LogP contribution in [0.25, 0.3) is 0 Å². The summed E-state index contributed by atoms with van der Waals surface area (Å²) in [5, 5.41) is 3.28. The van der Waals surface area contributed by atoms with Gasteiger partial charge < -0.3 is 10.2 Å². The molecule has 0 spiro atoms. The SMILES string of the molecule is O=C(C1NCC2CCCC21)N1CCC(C(F)(F)F)CC1. The third-order valence-corrected chi connectivity index (χ3v) is 5.28. The number of nitrogens with zero attached hydrogens (tertiary/aromatic N) is 1. The van der Waals surface area contributed by atoms with Crippen LogP contribution in [0.4, 0.5) is 13.2 Å². The van der Waals surface area contributed by atoms with Crippen LogP contribution in [0.1, 0.15) is 32.1 Å². The molecule has 0 aromatic rings. The Balaban J connectivity index is 1.57. The lowest BCUT2D eigenvalue weighted by atomic mass is 9.91. The van der Waals surface area contributed by atoms with Gasteiger partial charge in [0.1, 0.15) is 0 Å². The predicted octanol–water partition coefficient (Wildman–Crippen LogP) is 2.18. The fraction of sp³-hybridized carbons (Fsp3) is 0.929. The number of alkyl halides is 3. The average molecular weight is 290 g/mol. The first kappa shape index (κ1) is 14.2. The van der Waals surface area contributed by atoms with E-state index < -0.39 is 12.1 Å². The van der Waals surface area contributed by atoms with Crippen molar-refractivity contribution in [3.8, 4) is 0 Å². The average Bonchev–Trinajstić information content (AvgIpc) is 2.99. The summed E-state index contributed by atoms with van der Waals surface area (Å²) >= 11 is 0. The standard InChI is InChI=1S/C14H21F3N2O/c15-14(16,17)10-4-6-19(7-5-10)13(20)12-11-3-1-2-9(11)8-18-12/h9-12,18H,1-8H2. The number of halogens is 3. The number of carbonyl (C=O) groups excluding carboxylic acids is 1. The molecular weight excluding hydrogens is 269 g/mol. The predicted molar refractivity (Wildman–Crippen MR) is 68.0 cm³/mol. The Morgan fingerprint density at radius 1 is 1.10 bits per heavy atom. The van der Waals surface area contributed by atoms with E-state index in [1.807, 2.05) is 0 Å². The van der Waals surface area contributed by atoms with Crippen LogP contribution in [-0.4, -0.2) is 42.7 Å². The van der Waals surface area contributed by atoms with Crippen molar-refractivity contribution in [3.63, 3.8) is 0 Å². The zero-order valence-electron chi connectivity index (χ0n) is 11.5. The molecule has 3 nitrogen and oxygen atoms in total. The van der Waals surface area contributed by atoms with E-state index in [2.05, 4.69) is 5.32 Å². The van der Waals surface area contributed by atoms with Crippen molar-refractivity contribution in [1.82, 2.24) is 10.2 Å². The molecule has 0 radical (unpaired) electrons. The van der Waals surface area contributed by atoms with Gasteiger partial charge in [0, 0.05) is 13.1 Å². The summed E-state index contributed by atoms with van der Waals surface area (Å²) in [6, 6.07) is -0.148. The molecule has 2 heterocycles. The second kappa shape index (κ2) is 5.20. The van der Waals surface area contributed by atoms with E-state index in [9.17, 15) is 18.0 Å². The highest BCUT2D eigenvalue weighted by Gasteiger charge is 2.46. The van der Waals surface area contributed by atoms with Gasteiger partial charge in [-0.3, -0.25) is 4.79 Å². The zero-order chi connectivity index (χ0) is 14.3. The molecule has 1 saturated carbocycles. The first-order valence-electron chi connectivity index (χ1n) is 7.55. The molecule has 114 valence electrons. The molecule has 20 heavy (non-hydrogen) atoms. The molecule has 1 aliphatic carbocycles. The molecule has 0 bridgehead atoms. The highest BCUT2D eigenvalue weighted by Crippen LogP contribution is 2.39. The van der Waals surface area contributed by atoms with Crippen molar-refractivity contribution >= 4 is 5.91 Å². The Morgan fingerprint density at radius 2 is 1.80 bits per heavy atom. The number of piperidine rings is 1. The van der Waals surface area contributed by atoms with Crippen molar-refractivity contribution in [1.29, 1.82) is 0 Å². The Morgan fingerprint density at radius 3 is 2.45 bits per heavy atom. The van der Waals surface area contributed by atoms with Crippen molar-refractivity contribution in [3.05, 3.63) is 0 Å². The van der Waals surface area contributed by atoms with Crippen LogP contribution in [0.3, 0.4) is 0 Å². The number of hydrogen-bond acceptors (Lipinski definition) is 2. The number of rotatable bonds is 1. The van der Waals surface area contributed by atoms with E-state index >= 15 is 0 Å². The molecule has 3 rings (SSSR count). The Bertz CT molecular complexity index is 377. The number of fused-ring (bicyclic) bond motifs is 1. The smallest absolute Gasteiger partial charge is 0.341 e. The summed E-state index contributed by atoms with van der Waals surface area (Å²) in [6.45, 7) is 1.39. The number of hydrogen-bond donors (Lipinski definition) is 1. The van der Waals surface area contributed by atoms with E-state index in [-0.39, 0.29) is 37.9 Å². The quantitative estimate of drug-likeness (QED) is 0.803. The van der Waals surface area contributed by atoms with E-state index in [1.165, 1.54) is 12.8 Å². The van der Waals surface area contributed by atoms with Crippen LogP contribution in [0.15, 0.2) is 0 Å². The summed E-state index contributed by atoms with van der Waals surface area (Å²) in [5.41, 5.74) is 0. The van der Waals surface area contributed by atoms with Crippen LogP contribution in [0.2, 0.25) is 0 Å². The third kappa shape index (κ3) is 2.54. The van der Waals surface area contributed by atoms with Crippen LogP contribution in [0, 0.1) is 17.8 Å². The van der Waals surface area contributed by atoms with E-state index in [1.54, 1.807) is 4.90 Å². The van der Waals surface area contributed by atoms with Crippen molar-refractivity contribution in [2.45, 2.75) is 44.3 Å². The topological polar surface area (TPSA) is 32.3 Å². The number of likely N-dealkylation sites (tertiary alicyclic amines) is 1. The van der Waals surface area contributed by atoms with Gasteiger partial charge in [-0.25, -0.2) is 0 Å². The highest BCUT2D eigenvalue weighted by molar-refractivity contribution is 5.82. The van der Waals surface area contributed by atoms with Gasteiger partial charge in [0.05, 0.1) is 12.0 Å². The molecular formula is C14H21F3N2O. The van der Waals surface area contributed by atoms with Gasteiger partial charge in [-0.15, -0.1) is 0 Å². The second-order valence-electron chi connectivity index (χ2n) is 6.38. The van der Waals surface area contributed by atoms with Crippen molar-refractivity contribution < 1.29 is 18.0 Å². The molecule has 0 aromatic carbocycles. The summed E-state index contributed by atoms with van der Waals surface area (Å²) in [4.78, 5) is 14.1. The Kier molecular flexibility index (Phi) is 3.69. The largest absolute Gasteiger partial charge is 0.391 e. The van der Waals surface area contributed by atoms with Crippen LogP contribution >= 0.6 is 0 Å². The van der Waals surface area contributed by atoms with Gasteiger partial charge in [0.2, 0.25) is 5.91 Å². The maximum atomic E-state index is 12.6. The fourth-order valence-corrected chi connectivity index (χ4v) is 4.08. The van der Waals surface area contributed by atoms with E-state index in [0.717, 1.165) is 13.0 Å². The van der Waals surface area contributed by atoms with Crippen LogP contribution < -0.4 is 5.32 Å². The maximum Gasteiger partial charge on any atom is 0.391 e. The minimum absolute atomic E-state index is 0.0278. The number of nitrogens with one attached hydrogen (secondary N) is 1. The molecule has 3 unspecified atom stereocenters. The molecule has 1 N–H and O–H groups in total. The van der Waals surface area contributed by atoms with Crippen molar-refractivity contribution in [2.24, 2.45) is 17.8 Å². The Labute approximate surface area is 116 Å². The number of carbonyl (C=O) groups is 1. The minimum Gasteiger partial charge on any atom is -0.341 e. The second-order valence-corrected chi connectivity index (χ2v) is 6.38. The summed E-state index contributed by atoms with van der Waals surface area (Å²) in [7, 11) is 0. The summed E-state index contributed by atoms with van der Waals surface area (Å²) in [5.74, 6) is -0.207.